The van der Waals surface area contributed by atoms with Gasteiger partial charge in [-0.05, 0) is 164 Å². The summed E-state index contributed by atoms with van der Waals surface area (Å²) in [6.07, 6.45) is 5.87. The molecule has 0 amide bonds. The molecule has 14 heteroatoms. The van der Waals surface area contributed by atoms with Gasteiger partial charge in [-0.25, -0.2) is 9.13 Å². The van der Waals surface area contributed by atoms with Crippen LogP contribution in [0, 0.1) is 17.3 Å². The Balaban J connectivity index is 1.53. The highest BCUT2D eigenvalue weighted by atomic mass is 31.2. The smallest absolute Gasteiger partial charge is 0.405 e. The van der Waals surface area contributed by atoms with E-state index in [1.54, 1.807) is 0 Å². The molecule has 44 heavy (non-hydrogen) atoms. The summed E-state index contributed by atoms with van der Waals surface area (Å²) in [5.41, 5.74) is 2.57. The summed E-state index contributed by atoms with van der Waals surface area (Å²) >= 11 is 0. The lowest BCUT2D eigenvalue weighted by atomic mass is 9.55. The van der Waals surface area contributed by atoms with E-state index in [2.05, 4.69) is 19.1 Å². The van der Waals surface area contributed by atoms with Crippen LogP contribution in [-0.4, -0.2) is 39.4 Å². The maximum atomic E-state index is 14.1. The molecule has 2 saturated carbocycles. The number of phosphoric acid groups is 2. The van der Waals surface area contributed by atoms with Crippen molar-refractivity contribution >= 4 is 48.9 Å². The van der Waals surface area contributed by atoms with Crippen molar-refractivity contribution in [2.24, 2.45) is 17.3 Å². The fraction of sp³-hybridized carbons (Fsp3) is 0.800. The van der Waals surface area contributed by atoms with Crippen LogP contribution in [0.15, 0.2) is 18.2 Å². The highest BCUT2D eigenvalue weighted by molar-refractivity contribution is 7.52. The predicted octanol–water partition coefficient (Wildman–Crippen LogP) is 10.9. The van der Waals surface area contributed by atoms with Gasteiger partial charge in [-0.15, -0.1) is 0 Å². The SMILES string of the molecule is CC12CCC3c4ccc(OP(=O)(O[Si](C)(C)C)O[Si](C)(C)C)cc4CCC3C1CCC2OP(=O)(O[Si](C)(C)C)O[Si](C)(C)C. The van der Waals surface area contributed by atoms with Gasteiger partial charge in [0.25, 0.3) is 0 Å². The molecule has 1 aromatic rings. The lowest BCUT2D eigenvalue weighted by molar-refractivity contribution is -0.0203. The van der Waals surface area contributed by atoms with Crippen molar-refractivity contribution in [3.63, 3.8) is 0 Å². The maximum Gasteiger partial charge on any atom is 0.510 e. The van der Waals surface area contributed by atoms with E-state index in [1.165, 1.54) is 11.1 Å². The van der Waals surface area contributed by atoms with E-state index >= 15 is 0 Å². The first-order chi connectivity index (χ1) is 19.8. The average molecular weight is 721 g/mol. The summed E-state index contributed by atoms with van der Waals surface area (Å²) in [6.45, 7) is 26.5. The largest absolute Gasteiger partial charge is 0.510 e. The summed E-state index contributed by atoms with van der Waals surface area (Å²) in [7, 11) is -16.2. The standard InChI is InChI=1S/C30H58O8P2Si4/c1-30-21-20-26-25-17-15-24(33-39(31,35-41(2,3)4)36-42(5,6)7)22-23(25)14-16-27(26)28(30)18-19-29(30)34-40(32,37-43(8,9)10)38-44(11,12)13/h15,17,22,26-29H,14,16,18-21H2,1-13H3. The number of hydrogen-bond donors (Lipinski definition) is 0. The van der Waals surface area contributed by atoms with E-state index < -0.39 is 48.9 Å². The first kappa shape index (κ1) is 37.0. The number of benzene rings is 1. The fourth-order valence-corrected chi connectivity index (χ4v) is 20.9. The van der Waals surface area contributed by atoms with E-state index in [4.69, 9.17) is 25.9 Å². The zero-order chi connectivity index (χ0) is 33.1. The Kier molecular flexibility index (Phi) is 10.5. The quantitative estimate of drug-likeness (QED) is 0.156. The Morgan fingerprint density at radius 2 is 1.23 bits per heavy atom. The molecule has 0 radical (unpaired) electrons. The van der Waals surface area contributed by atoms with Crippen molar-refractivity contribution < 1.29 is 35.0 Å². The molecular formula is C30H58O8P2Si4. The first-order valence-corrected chi connectivity index (χ1v) is 32.9. The van der Waals surface area contributed by atoms with Crippen LogP contribution in [0.5, 0.6) is 5.75 Å². The van der Waals surface area contributed by atoms with Gasteiger partial charge in [0.2, 0.25) is 0 Å². The van der Waals surface area contributed by atoms with Crippen molar-refractivity contribution in [2.45, 2.75) is 136 Å². The van der Waals surface area contributed by atoms with Gasteiger partial charge in [-0.2, -0.15) is 0 Å². The van der Waals surface area contributed by atoms with Crippen LogP contribution in [0.2, 0.25) is 78.6 Å². The van der Waals surface area contributed by atoms with Crippen LogP contribution in [0.4, 0.5) is 0 Å². The Labute approximate surface area is 271 Å². The van der Waals surface area contributed by atoms with Crippen LogP contribution in [-0.2, 0) is 36.9 Å². The molecule has 5 atom stereocenters. The molecule has 0 aliphatic heterocycles. The van der Waals surface area contributed by atoms with Gasteiger partial charge in [0.05, 0.1) is 6.10 Å². The molecule has 0 aromatic heterocycles. The van der Waals surface area contributed by atoms with Gasteiger partial charge in [-0.1, -0.05) is 13.0 Å². The lowest BCUT2D eigenvalue weighted by Gasteiger charge is -2.51. The number of fused-ring (bicyclic) bond motifs is 5. The topological polar surface area (TPSA) is 89.5 Å². The third-order valence-electron chi connectivity index (χ3n) is 8.63. The highest BCUT2D eigenvalue weighted by Gasteiger charge is 2.57. The lowest BCUT2D eigenvalue weighted by Crippen LogP contribution is -2.45. The average Bonchev–Trinajstić information content (AvgIpc) is 3.08. The molecule has 1 aromatic carbocycles. The van der Waals surface area contributed by atoms with Crippen molar-refractivity contribution in [2.75, 3.05) is 0 Å². The second-order valence-electron chi connectivity index (χ2n) is 17.3. The molecule has 0 saturated heterocycles. The highest BCUT2D eigenvalue weighted by Crippen LogP contribution is 2.66. The maximum absolute atomic E-state index is 14.1. The summed E-state index contributed by atoms with van der Waals surface area (Å²) < 4.78 is 64.9. The van der Waals surface area contributed by atoms with Crippen LogP contribution in [0.1, 0.15) is 56.1 Å². The van der Waals surface area contributed by atoms with Gasteiger partial charge in [0.15, 0.2) is 33.3 Å². The molecule has 8 nitrogen and oxygen atoms in total. The minimum absolute atomic E-state index is 0.0714. The molecule has 5 unspecified atom stereocenters. The van der Waals surface area contributed by atoms with E-state index in [-0.39, 0.29) is 11.5 Å². The molecule has 3 aliphatic carbocycles. The minimum atomic E-state index is -3.75. The predicted molar refractivity (Wildman–Crippen MR) is 189 cm³/mol. The van der Waals surface area contributed by atoms with Gasteiger partial charge in [0.1, 0.15) is 5.75 Å². The molecule has 0 bridgehead atoms. The third-order valence-corrected chi connectivity index (χ3v) is 21.9. The number of rotatable bonds is 12. The van der Waals surface area contributed by atoms with Crippen molar-refractivity contribution in [3.8, 4) is 5.75 Å². The second kappa shape index (κ2) is 12.6. The van der Waals surface area contributed by atoms with Crippen molar-refractivity contribution in [3.05, 3.63) is 29.3 Å². The van der Waals surface area contributed by atoms with Gasteiger partial charge in [0, 0.05) is 0 Å². The second-order valence-corrected chi connectivity index (χ2v) is 39.3. The molecule has 0 N–H and O–H groups in total. The van der Waals surface area contributed by atoms with Crippen molar-refractivity contribution in [1.82, 2.24) is 0 Å². The normalized spacial score (nSPS) is 28.3. The van der Waals surface area contributed by atoms with E-state index in [9.17, 15) is 9.13 Å². The van der Waals surface area contributed by atoms with Crippen LogP contribution in [0.3, 0.4) is 0 Å². The number of hydrogen-bond acceptors (Lipinski definition) is 8. The molecule has 0 spiro atoms. The minimum Gasteiger partial charge on any atom is -0.405 e. The molecular weight excluding hydrogens is 663 g/mol. The molecule has 2 fully saturated rings. The molecule has 252 valence electrons. The molecule has 0 heterocycles. The Morgan fingerprint density at radius 3 is 1.75 bits per heavy atom. The summed E-state index contributed by atoms with van der Waals surface area (Å²) in [5, 5.41) is 0. The van der Waals surface area contributed by atoms with Gasteiger partial charge in [-0.3, -0.25) is 4.52 Å². The van der Waals surface area contributed by atoms with Crippen LogP contribution in [0.25, 0.3) is 0 Å². The van der Waals surface area contributed by atoms with E-state index in [0.29, 0.717) is 23.5 Å². The van der Waals surface area contributed by atoms with Crippen LogP contribution < -0.4 is 4.52 Å². The zero-order valence-electron chi connectivity index (χ0n) is 29.4. The van der Waals surface area contributed by atoms with Crippen LogP contribution >= 0.6 is 15.6 Å². The summed E-state index contributed by atoms with van der Waals surface area (Å²) in [4.78, 5) is 0. The summed E-state index contributed by atoms with van der Waals surface area (Å²) in [5.74, 6) is 2.03. The first-order valence-electron chi connectivity index (χ1n) is 16.3. The Hall–Kier alpha value is 0.148. The monoisotopic (exact) mass is 720 g/mol. The third kappa shape index (κ3) is 9.40. The van der Waals surface area contributed by atoms with E-state index in [1.807, 2.05) is 84.6 Å². The molecule has 3 aliphatic rings. The van der Waals surface area contributed by atoms with E-state index in [0.717, 1.165) is 38.5 Å². The fourth-order valence-electron chi connectivity index (χ4n) is 7.48. The van der Waals surface area contributed by atoms with Crippen molar-refractivity contribution in [1.29, 1.82) is 0 Å². The number of aryl methyl sites for hydroxylation is 1. The molecule has 4 rings (SSSR count). The Morgan fingerprint density at radius 1 is 0.705 bits per heavy atom. The summed E-state index contributed by atoms with van der Waals surface area (Å²) in [6, 6.07) is 6.19. The Bertz CT molecular complexity index is 1260. The zero-order valence-corrected chi connectivity index (χ0v) is 35.2. The van der Waals surface area contributed by atoms with Gasteiger partial charge >= 0.3 is 15.6 Å². The van der Waals surface area contributed by atoms with Gasteiger partial charge < -0.3 is 21.4 Å².